The molecule has 0 spiro atoms. The van der Waals surface area contributed by atoms with E-state index in [1.165, 1.54) is 13.0 Å². The first-order valence-electron chi connectivity index (χ1n) is 14.9. The number of aromatic hydroxyl groups is 1. The van der Waals surface area contributed by atoms with Crippen molar-refractivity contribution in [2.24, 2.45) is 0 Å². The zero-order valence-electron chi connectivity index (χ0n) is 25.8. The van der Waals surface area contributed by atoms with Gasteiger partial charge in [0.2, 0.25) is 0 Å². The maximum atomic E-state index is 10.4. The number of carbonyl (C=O) groups is 1. The van der Waals surface area contributed by atoms with Crippen LogP contribution < -0.4 is 14.5 Å². The van der Waals surface area contributed by atoms with Crippen LogP contribution in [0.1, 0.15) is 51.3 Å². The van der Waals surface area contributed by atoms with E-state index in [0.717, 1.165) is 72.4 Å². The molecular weight excluding hydrogens is 530 g/mol. The number of aliphatic hydroxyl groups is 1. The topological polar surface area (TPSA) is 102 Å². The number of fused-ring (bicyclic) bond motifs is 2. The van der Waals surface area contributed by atoms with E-state index < -0.39 is 0 Å². The molecule has 1 aromatic heterocycles. The number of benzene rings is 2. The van der Waals surface area contributed by atoms with Crippen molar-refractivity contribution in [1.82, 2.24) is 14.9 Å². The quantitative estimate of drug-likeness (QED) is 0.272. The minimum Gasteiger partial charge on any atom is -0.508 e. The second kappa shape index (κ2) is 16.1. The number of rotatable bonds is 13. The molecule has 1 atom stereocenters. The van der Waals surface area contributed by atoms with Gasteiger partial charge in [0.25, 0.3) is 0 Å². The van der Waals surface area contributed by atoms with Crippen LogP contribution >= 0.6 is 0 Å². The summed E-state index contributed by atoms with van der Waals surface area (Å²) in [4.78, 5) is 26.3. The summed E-state index contributed by atoms with van der Waals surface area (Å²) in [6, 6.07) is 12.4. The number of hydrogen-bond acceptors (Lipinski definition) is 9. The summed E-state index contributed by atoms with van der Waals surface area (Å²) in [6.45, 7) is 12.7. The molecule has 3 aromatic rings. The Bertz CT molecular complexity index is 1330. The van der Waals surface area contributed by atoms with Crippen LogP contribution in [0.3, 0.4) is 0 Å². The Kier molecular flexibility index (Phi) is 12.6. The maximum Gasteiger partial charge on any atom is 0.318 e. The number of ketones is 1. The standard InChI is InChI=1S/C29H41N5O3.C4H6O/c1-5-13-34(22(6-2)12-16-35)28-25-11-14-33(20-26(25)30-29(31-28)37-17-15-32(3)4)27-19-23(36)18-21-9-7-8-10-24(21)27;1-3-4(2)5/h7-10,18-19,22,35-36H,5-6,11-17,20H2,1-4H3;3H,1H2,2H3. The van der Waals surface area contributed by atoms with Gasteiger partial charge < -0.3 is 29.6 Å². The highest BCUT2D eigenvalue weighted by Gasteiger charge is 2.29. The number of likely N-dealkylation sites (N-methyl/N-ethyl adjacent to an activating group) is 1. The first-order chi connectivity index (χ1) is 20.2. The largest absolute Gasteiger partial charge is 0.508 e. The molecule has 0 radical (unpaired) electrons. The summed E-state index contributed by atoms with van der Waals surface area (Å²) in [5.74, 6) is 1.22. The molecule has 0 bridgehead atoms. The van der Waals surface area contributed by atoms with Crippen LogP contribution in [-0.2, 0) is 17.8 Å². The zero-order chi connectivity index (χ0) is 30.6. The summed E-state index contributed by atoms with van der Waals surface area (Å²) in [6.07, 6.45) is 4.69. The molecule has 2 heterocycles. The van der Waals surface area contributed by atoms with Crippen molar-refractivity contribution in [3.8, 4) is 11.8 Å². The van der Waals surface area contributed by atoms with E-state index in [-0.39, 0.29) is 24.2 Å². The molecule has 0 amide bonds. The number of hydrogen-bond donors (Lipinski definition) is 2. The number of ether oxygens (including phenoxy) is 1. The average Bonchev–Trinajstić information content (AvgIpc) is 2.98. The third-order valence-electron chi connectivity index (χ3n) is 7.36. The molecule has 9 nitrogen and oxygen atoms in total. The number of carbonyl (C=O) groups excluding carboxylic acids is 1. The molecule has 42 heavy (non-hydrogen) atoms. The lowest BCUT2D eigenvalue weighted by Crippen LogP contribution is -2.40. The summed E-state index contributed by atoms with van der Waals surface area (Å²) < 4.78 is 6.06. The number of aromatic nitrogens is 2. The first-order valence-corrected chi connectivity index (χ1v) is 14.9. The Morgan fingerprint density at radius 3 is 2.57 bits per heavy atom. The smallest absolute Gasteiger partial charge is 0.318 e. The van der Waals surface area contributed by atoms with Gasteiger partial charge in [0.15, 0.2) is 5.78 Å². The van der Waals surface area contributed by atoms with Crippen LogP contribution in [0, 0.1) is 0 Å². The SMILES string of the molecule is C=CC(C)=O.CCCN(c1nc(OCCN(C)C)nc2c1CCN(c1cc(O)cc3ccccc13)C2)C(CC)CCO. The van der Waals surface area contributed by atoms with Crippen molar-refractivity contribution in [1.29, 1.82) is 0 Å². The van der Waals surface area contributed by atoms with Crippen LogP contribution in [0.2, 0.25) is 0 Å². The van der Waals surface area contributed by atoms with Gasteiger partial charge in [-0.25, -0.2) is 0 Å². The highest BCUT2D eigenvalue weighted by Crippen LogP contribution is 2.37. The van der Waals surface area contributed by atoms with E-state index in [4.69, 9.17) is 14.7 Å². The molecule has 0 saturated carbocycles. The van der Waals surface area contributed by atoms with Gasteiger partial charge in [-0.05, 0) is 64.2 Å². The predicted octanol–water partition coefficient (Wildman–Crippen LogP) is 4.98. The lowest BCUT2D eigenvalue weighted by molar-refractivity contribution is -0.112. The molecule has 2 N–H and O–H groups in total. The molecule has 228 valence electrons. The summed E-state index contributed by atoms with van der Waals surface area (Å²) in [5, 5.41) is 22.3. The molecule has 1 aliphatic rings. The molecule has 4 rings (SSSR count). The molecule has 0 aliphatic carbocycles. The monoisotopic (exact) mass is 577 g/mol. The fourth-order valence-electron chi connectivity index (χ4n) is 5.18. The molecule has 0 saturated heterocycles. The Morgan fingerprint density at radius 2 is 1.93 bits per heavy atom. The van der Waals surface area contributed by atoms with Gasteiger partial charge in [0.05, 0.1) is 12.2 Å². The lowest BCUT2D eigenvalue weighted by atomic mass is 10.0. The molecule has 9 heteroatoms. The van der Waals surface area contributed by atoms with Gasteiger partial charge in [-0.2, -0.15) is 9.97 Å². The molecule has 0 fully saturated rings. The summed E-state index contributed by atoms with van der Waals surface area (Å²) in [7, 11) is 4.04. The molecule has 1 unspecified atom stereocenters. The summed E-state index contributed by atoms with van der Waals surface area (Å²) in [5.41, 5.74) is 3.13. The van der Waals surface area contributed by atoms with Crippen molar-refractivity contribution in [2.75, 3.05) is 56.7 Å². The van der Waals surface area contributed by atoms with Crippen LogP contribution in [0.15, 0.2) is 49.1 Å². The zero-order valence-corrected chi connectivity index (χ0v) is 25.8. The minimum atomic E-state index is 0.0185. The van der Waals surface area contributed by atoms with Crippen LogP contribution in [-0.4, -0.2) is 83.8 Å². The van der Waals surface area contributed by atoms with E-state index in [9.17, 15) is 15.0 Å². The first kappa shape index (κ1) is 32.8. The van der Waals surface area contributed by atoms with Crippen LogP contribution in [0.5, 0.6) is 11.8 Å². The van der Waals surface area contributed by atoms with E-state index in [1.54, 1.807) is 0 Å². The number of nitrogens with zero attached hydrogens (tertiary/aromatic N) is 5. The second-order valence-corrected chi connectivity index (χ2v) is 10.8. The highest BCUT2D eigenvalue weighted by atomic mass is 16.5. The van der Waals surface area contributed by atoms with Crippen molar-refractivity contribution in [2.45, 2.75) is 59.0 Å². The summed E-state index contributed by atoms with van der Waals surface area (Å²) >= 11 is 0. The molecule has 1 aliphatic heterocycles. The van der Waals surface area contributed by atoms with Crippen LogP contribution in [0.4, 0.5) is 11.5 Å². The van der Waals surface area contributed by atoms with Crippen molar-refractivity contribution < 1.29 is 19.7 Å². The Hall–Kier alpha value is -3.69. The van der Waals surface area contributed by atoms with E-state index in [1.807, 2.05) is 44.4 Å². The van der Waals surface area contributed by atoms with Gasteiger partial charge in [0.1, 0.15) is 18.2 Å². The van der Waals surface area contributed by atoms with Gasteiger partial charge in [0, 0.05) is 55.0 Å². The van der Waals surface area contributed by atoms with Crippen molar-refractivity contribution in [3.05, 3.63) is 60.3 Å². The van der Waals surface area contributed by atoms with Crippen molar-refractivity contribution >= 4 is 28.1 Å². The van der Waals surface area contributed by atoms with Gasteiger partial charge >= 0.3 is 6.01 Å². The number of allylic oxidation sites excluding steroid dienone is 1. The van der Waals surface area contributed by atoms with E-state index in [2.05, 4.69) is 41.2 Å². The number of phenolic OH excluding ortho intramolecular Hbond substituents is 1. The van der Waals surface area contributed by atoms with Crippen LogP contribution in [0.25, 0.3) is 10.8 Å². The normalized spacial score (nSPS) is 13.3. The Morgan fingerprint density at radius 1 is 1.19 bits per heavy atom. The predicted molar refractivity (Wildman–Crippen MR) is 171 cm³/mol. The number of phenols is 1. The second-order valence-electron chi connectivity index (χ2n) is 10.8. The van der Waals surface area contributed by atoms with E-state index in [0.29, 0.717) is 25.6 Å². The Labute approximate surface area is 250 Å². The average molecular weight is 578 g/mol. The molecular formula is C33H47N5O4. The maximum absolute atomic E-state index is 10.4. The lowest BCUT2D eigenvalue weighted by Gasteiger charge is -2.37. The fraction of sp³-hybridized carbons (Fsp3) is 0.485. The van der Waals surface area contributed by atoms with Gasteiger partial charge in [-0.15, -0.1) is 0 Å². The van der Waals surface area contributed by atoms with E-state index >= 15 is 0 Å². The third-order valence-corrected chi connectivity index (χ3v) is 7.36. The number of aliphatic hydroxyl groups excluding tert-OH is 1. The molecule has 2 aromatic carbocycles. The number of anilines is 2. The fourth-order valence-corrected chi connectivity index (χ4v) is 5.18. The Balaban J connectivity index is 0.000000892. The minimum absolute atomic E-state index is 0.0185. The highest BCUT2D eigenvalue weighted by molar-refractivity contribution is 5.95. The van der Waals surface area contributed by atoms with Gasteiger partial charge in [-0.3, -0.25) is 4.79 Å². The third kappa shape index (κ3) is 8.66. The van der Waals surface area contributed by atoms with Gasteiger partial charge in [-0.1, -0.05) is 44.7 Å². The van der Waals surface area contributed by atoms with Crippen molar-refractivity contribution in [3.63, 3.8) is 0 Å².